The minimum Gasteiger partial charge on any atom is -0.371 e. The van der Waals surface area contributed by atoms with Crippen LogP contribution in [0.1, 0.15) is 17.2 Å². The first kappa shape index (κ1) is 14.2. The summed E-state index contributed by atoms with van der Waals surface area (Å²) in [6.45, 7) is 3.60. The van der Waals surface area contributed by atoms with Crippen molar-refractivity contribution >= 4 is 0 Å². The van der Waals surface area contributed by atoms with E-state index in [-0.39, 0.29) is 11.9 Å². The lowest BCUT2D eigenvalue weighted by Gasteiger charge is -2.33. The van der Waals surface area contributed by atoms with E-state index in [0.717, 1.165) is 38.2 Å². The third kappa shape index (κ3) is 3.90. The average Bonchev–Trinajstić information content (AvgIpc) is 2.55. The third-order valence-electron chi connectivity index (χ3n) is 3.95. The molecule has 2 aromatic carbocycles. The maximum atomic E-state index is 13.0. The summed E-state index contributed by atoms with van der Waals surface area (Å²) in [6, 6.07) is 17.2. The van der Waals surface area contributed by atoms with Crippen molar-refractivity contribution in [3.8, 4) is 0 Å². The molecule has 1 aliphatic rings. The molecular weight excluding hydrogens is 265 g/mol. The van der Waals surface area contributed by atoms with Crippen LogP contribution in [0.5, 0.6) is 0 Å². The molecular formula is C18H20FNO. The number of halogens is 1. The van der Waals surface area contributed by atoms with Gasteiger partial charge in [-0.25, -0.2) is 4.39 Å². The van der Waals surface area contributed by atoms with Crippen LogP contribution in [-0.2, 0) is 11.2 Å². The Morgan fingerprint density at radius 1 is 1.05 bits per heavy atom. The van der Waals surface area contributed by atoms with Crippen molar-refractivity contribution in [1.29, 1.82) is 0 Å². The zero-order valence-electron chi connectivity index (χ0n) is 12.0. The molecule has 3 rings (SSSR count). The van der Waals surface area contributed by atoms with Crippen LogP contribution in [0.25, 0.3) is 0 Å². The normalized spacial score (nSPS) is 19.6. The van der Waals surface area contributed by atoms with E-state index >= 15 is 0 Å². The molecule has 1 fully saturated rings. The van der Waals surface area contributed by atoms with Gasteiger partial charge in [-0.1, -0.05) is 42.5 Å². The van der Waals surface area contributed by atoms with Gasteiger partial charge in [0.1, 0.15) is 5.82 Å². The van der Waals surface area contributed by atoms with E-state index in [2.05, 4.69) is 29.2 Å². The molecule has 2 aromatic rings. The lowest BCUT2D eigenvalue weighted by Crippen LogP contribution is -2.39. The predicted molar refractivity (Wildman–Crippen MR) is 81.7 cm³/mol. The number of benzene rings is 2. The highest BCUT2D eigenvalue weighted by atomic mass is 19.1. The number of nitrogens with zero attached hydrogens (tertiary/aromatic N) is 1. The molecule has 1 atom stereocenters. The first-order valence-electron chi connectivity index (χ1n) is 7.44. The van der Waals surface area contributed by atoms with Crippen molar-refractivity contribution in [2.24, 2.45) is 0 Å². The standard InChI is InChI=1S/C18H20FNO/c19-17-8-6-16(7-9-17)18-14-20(12-13-21-18)11-10-15-4-2-1-3-5-15/h1-9,18H,10-14H2. The minimum atomic E-state index is -0.199. The largest absolute Gasteiger partial charge is 0.371 e. The smallest absolute Gasteiger partial charge is 0.123 e. The maximum Gasteiger partial charge on any atom is 0.123 e. The van der Waals surface area contributed by atoms with Crippen molar-refractivity contribution in [3.63, 3.8) is 0 Å². The summed E-state index contributed by atoms with van der Waals surface area (Å²) in [5, 5.41) is 0. The Labute approximate surface area is 125 Å². The second-order valence-electron chi connectivity index (χ2n) is 5.45. The summed E-state index contributed by atoms with van der Waals surface area (Å²) in [4.78, 5) is 2.42. The highest BCUT2D eigenvalue weighted by Crippen LogP contribution is 2.22. The van der Waals surface area contributed by atoms with Gasteiger partial charge in [0.15, 0.2) is 0 Å². The SMILES string of the molecule is Fc1ccc(C2CN(CCc3ccccc3)CCO2)cc1. The van der Waals surface area contributed by atoms with E-state index in [9.17, 15) is 4.39 Å². The quantitative estimate of drug-likeness (QED) is 0.853. The highest BCUT2D eigenvalue weighted by Gasteiger charge is 2.21. The van der Waals surface area contributed by atoms with Gasteiger partial charge < -0.3 is 4.74 Å². The molecule has 0 radical (unpaired) electrons. The van der Waals surface area contributed by atoms with Crippen molar-refractivity contribution in [2.45, 2.75) is 12.5 Å². The van der Waals surface area contributed by atoms with E-state index in [1.54, 1.807) is 0 Å². The molecule has 2 nitrogen and oxygen atoms in total. The van der Waals surface area contributed by atoms with E-state index in [1.165, 1.54) is 17.7 Å². The van der Waals surface area contributed by atoms with E-state index in [4.69, 9.17) is 4.74 Å². The second kappa shape index (κ2) is 6.83. The van der Waals surface area contributed by atoms with Crippen LogP contribution in [0.4, 0.5) is 4.39 Å². The topological polar surface area (TPSA) is 12.5 Å². The summed E-state index contributed by atoms with van der Waals surface area (Å²) in [5.41, 5.74) is 2.42. The fraction of sp³-hybridized carbons (Fsp3) is 0.333. The highest BCUT2D eigenvalue weighted by molar-refractivity contribution is 5.19. The van der Waals surface area contributed by atoms with Crippen molar-refractivity contribution in [2.75, 3.05) is 26.2 Å². The number of morpholine rings is 1. The Hall–Kier alpha value is -1.71. The number of rotatable bonds is 4. The van der Waals surface area contributed by atoms with Gasteiger partial charge in [-0.15, -0.1) is 0 Å². The molecule has 21 heavy (non-hydrogen) atoms. The van der Waals surface area contributed by atoms with Gasteiger partial charge in [0.25, 0.3) is 0 Å². The monoisotopic (exact) mass is 285 g/mol. The molecule has 0 saturated carbocycles. The second-order valence-corrected chi connectivity index (χ2v) is 5.45. The predicted octanol–water partition coefficient (Wildman–Crippen LogP) is 3.44. The third-order valence-corrected chi connectivity index (χ3v) is 3.95. The van der Waals surface area contributed by atoms with Gasteiger partial charge in [0.05, 0.1) is 12.7 Å². The summed E-state index contributed by atoms with van der Waals surface area (Å²) in [5.74, 6) is -0.199. The van der Waals surface area contributed by atoms with Crippen LogP contribution >= 0.6 is 0 Å². The van der Waals surface area contributed by atoms with E-state index < -0.39 is 0 Å². The molecule has 0 aliphatic carbocycles. The van der Waals surface area contributed by atoms with E-state index in [1.807, 2.05) is 18.2 Å². The minimum absolute atomic E-state index is 0.0510. The molecule has 110 valence electrons. The zero-order chi connectivity index (χ0) is 14.5. The molecule has 1 saturated heterocycles. The lowest BCUT2D eigenvalue weighted by molar-refractivity contribution is -0.0295. The molecule has 1 heterocycles. The van der Waals surface area contributed by atoms with Crippen LogP contribution in [0.15, 0.2) is 54.6 Å². The fourth-order valence-corrected chi connectivity index (χ4v) is 2.72. The van der Waals surface area contributed by atoms with Gasteiger partial charge >= 0.3 is 0 Å². The first-order chi connectivity index (χ1) is 10.3. The lowest BCUT2D eigenvalue weighted by atomic mass is 10.1. The summed E-state index contributed by atoms with van der Waals surface area (Å²) < 4.78 is 18.8. The molecule has 1 aliphatic heterocycles. The number of hydrogen-bond acceptors (Lipinski definition) is 2. The Bertz CT molecular complexity index is 555. The molecule has 0 aromatic heterocycles. The summed E-state index contributed by atoms with van der Waals surface area (Å²) in [7, 11) is 0. The van der Waals surface area contributed by atoms with Crippen LogP contribution in [0.3, 0.4) is 0 Å². The number of hydrogen-bond donors (Lipinski definition) is 0. The molecule has 3 heteroatoms. The summed E-state index contributed by atoms with van der Waals surface area (Å²) in [6.07, 6.45) is 1.10. The Balaban J connectivity index is 1.57. The average molecular weight is 285 g/mol. The maximum absolute atomic E-state index is 13.0. The van der Waals surface area contributed by atoms with Gasteiger partial charge in [-0.2, -0.15) is 0 Å². The van der Waals surface area contributed by atoms with Crippen molar-refractivity contribution in [1.82, 2.24) is 4.90 Å². The molecule has 0 spiro atoms. The van der Waals surface area contributed by atoms with Crippen LogP contribution in [-0.4, -0.2) is 31.1 Å². The van der Waals surface area contributed by atoms with Gasteiger partial charge in [0.2, 0.25) is 0 Å². The number of ether oxygens (including phenoxy) is 1. The van der Waals surface area contributed by atoms with Crippen LogP contribution < -0.4 is 0 Å². The van der Waals surface area contributed by atoms with Crippen LogP contribution in [0, 0.1) is 5.82 Å². The Morgan fingerprint density at radius 2 is 1.81 bits per heavy atom. The van der Waals surface area contributed by atoms with Crippen LogP contribution in [0.2, 0.25) is 0 Å². The van der Waals surface area contributed by atoms with Gasteiger partial charge in [-0.3, -0.25) is 4.90 Å². The van der Waals surface area contributed by atoms with Gasteiger partial charge in [-0.05, 0) is 29.7 Å². The molecule has 0 bridgehead atoms. The van der Waals surface area contributed by atoms with Gasteiger partial charge in [0, 0.05) is 19.6 Å². The Morgan fingerprint density at radius 3 is 2.57 bits per heavy atom. The fourth-order valence-electron chi connectivity index (χ4n) is 2.72. The summed E-state index contributed by atoms with van der Waals surface area (Å²) >= 11 is 0. The van der Waals surface area contributed by atoms with E-state index in [0.29, 0.717) is 0 Å². The molecule has 0 amide bonds. The van der Waals surface area contributed by atoms with Crippen molar-refractivity contribution < 1.29 is 9.13 Å². The Kier molecular flexibility index (Phi) is 4.63. The van der Waals surface area contributed by atoms with Crippen molar-refractivity contribution in [3.05, 3.63) is 71.5 Å². The zero-order valence-corrected chi connectivity index (χ0v) is 12.0. The molecule has 0 N–H and O–H groups in total. The first-order valence-corrected chi connectivity index (χ1v) is 7.44. The molecule has 1 unspecified atom stereocenters.